The lowest BCUT2D eigenvalue weighted by Gasteiger charge is -2.10. The molecule has 0 radical (unpaired) electrons. The molecule has 2 aromatic carbocycles. The van der Waals surface area contributed by atoms with E-state index in [1.165, 1.54) is 25.3 Å². The van der Waals surface area contributed by atoms with Crippen molar-refractivity contribution >= 4 is 29.2 Å². The third kappa shape index (κ3) is 4.62. The van der Waals surface area contributed by atoms with Crippen molar-refractivity contribution < 1.29 is 24.2 Å². The van der Waals surface area contributed by atoms with Gasteiger partial charge < -0.3 is 19.9 Å². The number of ether oxygens (including phenoxy) is 2. The number of hydrogen-bond acceptors (Lipinski definition) is 4. The number of aromatic carboxylic acids is 1. The second kappa shape index (κ2) is 7.51. The zero-order chi connectivity index (χ0) is 16.8. The summed E-state index contributed by atoms with van der Waals surface area (Å²) in [6.45, 7) is -0.269. The van der Waals surface area contributed by atoms with Gasteiger partial charge in [0.15, 0.2) is 6.61 Å². The van der Waals surface area contributed by atoms with Crippen LogP contribution in [-0.2, 0) is 4.79 Å². The van der Waals surface area contributed by atoms with E-state index in [0.29, 0.717) is 11.5 Å². The number of carboxylic acids is 1. The van der Waals surface area contributed by atoms with Gasteiger partial charge in [0, 0.05) is 11.1 Å². The molecule has 2 aromatic rings. The predicted octanol–water partition coefficient (Wildman–Crippen LogP) is 3.06. The number of nitrogens with one attached hydrogen (secondary N) is 1. The predicted molar refractivity (Wildman–Crippen MR) is 85.5 cm³/mol. The largest absolute Gasteiger partial charge is 0.497 e. The number of halogens is 1. The van der Waals surface area contributed by atoms with Crippen LogP contribution in [0.4, 0.5) is 5.69 Å². The minimum atomic E-state index is -1.18. The molecule has 0 aliphatic carbocycles. The van der Waals surface area contributed by atoms with Crippen LogP contribution >= 0.6 is 11.6 Å². The van der Waals surface area contributed by atoms with Crippen molar-refractivity contribution in [1.82, 2.24) is 0 Å². The van der Waals surface area contributed by atoms with Gasteiger partial charge in [0.25, 0.3) is 5.91 Å². The van der Waals surface area contributed by atoms with Crippen molar-refractivity contribution in [3.05, 3.63) is 53.1 Å². The third-order valence-corrected chi connectivity index (χ3v) is 3.13. The fourth-order valence-corrected chi connectivity index (χ4v) is 2.00. The van der Waals surface area contributed by atoms with Crippen LogP contribution in [-0.4, -0.2) is 30.7 Å². The molecule has 0 aliphatic heterocycles. The number of carbonyl (C=O) groups is 2. The van der Waals surface area contributed by atoms with E-state index in [0.717, 1.165) is 0 Å². The van der Waals surface area contributed by atoms with Gasteiger partial charge in [0.1, 0.15) is 11.5 Å². The number of rotatable bonds is 6. The number of methoxy groups -OCH3 is 1. The summed E-state index contributed by atoms with van der Waals surface area (Å²) >= 11 is 5.75. The van der Waals surface area contributed by atoms with E-state index in [1.807, 2.05) is 0 Å². The van der Waals surface area contributed by atoms with Gasteiger partial charge in [-0.15, -0.1) is 0 Å². The van der Waals surface area contributed by atoms with E-state index in [9.17, 15) is 9.59 Å². The molecule has 1 amide bonds. The lowest BCUT2D eigenvalue weighted by Crippen LogP contribution is -2.21. The highest BCUT2D eigenvalue weighted by Crippen LogP contribution is 2.21. The van der Waals surface area contributed by atoms with Crippen LogP contribution < -0.4 is 14.8 Å². The Bertz CT molecular complexity index is 732. The van der Waals surface area contributed by atoms with Crippen molar-refractivity contribution in [2.24, 2.45) is 0 Å². The highest BCUT2D eigenvalue weighted by atomic mass is 35.5. The van der Waals surface area contributed by atoms with Gasteiger partial charge in [-0.3, -0.25) is 4.79 Å². The number of hydrogen-bond donors (Lipinski definition) is 2. The number of benzene rings is 2. The van der Waals surface area contributed by atoms with Crippen LogP contribution in [0.5, 0.6) is 11.5 Å². The van der Waals surface area contributed by atoms with Gasteiger partial charge in [-0.05, 0) is 30.3 Å². The summed E-state index contributed by atoms with van der Waals surface area (Å²) in [5, 5.41) is 11.9. The number of carbonyl (C=O) groups excluding carboxylic acids is 1. The highest BCUT2D eigenvalue weighted by Gasteiger charge is 2.13. The molecule has 23 heavy (non-hydrogen) atoms. The zero-order valence-corrected chi connectivity index (χ0v) is 13.0. The first kappa shape index (κ1) is 16.6. The maximum Gasteiger partial charge on any atom is 0.337 e. The second-order valence-electron chi connectivity index (χ2n) is 4.51. The standard InChI is InChI=1S/C16H14ClNO5/c1-22-11-3-2-4-12(8-11)23-9-15(19)18-14-6-5-10(17)7-13(14)16(20)21/h2-8H,9H2,1H3,(H,18,19)(H,20,21). The third-order valence-electron chi connectivity index (χ3n) is 2.90. The van der Waals surface area contributed by atoms with E-state index in [-0.39, 0.29) is 22.9 Å². The molecule has 0 spiro atoms. The minimum absolute atomic E-state index is 0.0905. The van der Waals surface area contributed by atoms with E-state index in [2.05, 4.69) is 5.32 Å². The molecule has 0 aliphatic rings. The summed E-state index contributed by atoms with van der Waals surface area (Å²) in [6, 6.07) is 11.0. The molecule has 7 heteroatoms. The van der Waals surface area contributed by atoms with Crippen molar-refractivity contribution in [2.45, 2.75) is 0 Å². The van der Waals surface area contributed by atoms with Crippen LogP contribution in [0, 0.1) is 0 Å². The number of amides is 1. The van der Waals surface area contributed by atoms with E-state index in [4.69, 9.17) is 26.2 Å². The van der Waals surface area contributed by atoms with Gasteiger partial charge in [-0.25, -0.2) is 4.79 Å². The molecular formula is C16H14ClNO5. The molecule has 0 heterocycles. The fourth-order valence-electron chi connectivity index (χ4n) is 1.83. The normalized spacial score (nSPS) is 10.0. The van der Waals surface area contributed by atoms with Crippen LogP contribution in [0.15, 0.2) is 42.5 Å². The quantitative estimate of drug-likeness (QED) is 0.847. The molecule has 2 rings (SSSR count). The summed E-state index contributed by atoms with van der Waals surface area (Å²) in [7, 11) is 1.53. The molecule has 0 unspecified atom stereocenters. The van der Waals surface area contributed by atoms with Crippen molar-refractivity contribution in [2.75, 3.05) is 19.0 Å². The Morgan fingerprint density at radius 2 is 1.91 bits per heavy atom. The van der Waals surface area contributed by atoms with Crippen molar-refractivity contribution in [3.8, 4) is 11.5 Å². The smallest absolute Gasteiger partial charge is 0.337 e. The minimum Gasteiger partial charge on any atom is -0.497 e. The summed E-state index contributed by atoms with van der Waals surface area (Å²) < 4.78 is 10.4. The Balaban J connectivity index is 2.01. The average Bonchev–Trinajstić information content (AvgIpc) is 2.54. The molecule has 120 valence electrons. The van der Waals surface area contributed by atoms with Gasteiger partial charge in [0.05, 0.1) is 18.4 Å². The fraction of sp³-hybridized carbons (Fsp3) is 0.125. The van der Waals surface area contributed by atoms with E-state index >= 15 is 0 Å². The SMILES string of the molecule is COc1cccc(OCC(=O)Nc2ccc(Cl)cc2C(=O)O)c1. The highest BCUT2D eigenvalue weighted by molar-refractivity contribution is 6.31. The first-order chi connectivity index (χ1) is 11.0. The molecule has 2 N–H and O–H groups in total. The number of carboxylic acid groups (broad SMARTS) is 1. The van der Waals surface area contributed by atoms with Gasteiger partial charge >= 0.3 is 5.97 Å². The molecule has 0 fully saturated rings. The lowest BCUT2D eigenvalue weighted by molar-refractivity contribution is -0.118. The molecule has 0 atom stereocenters. The average molecular weight is 336 g/mol. The molecular weight excluding hydrogens is 322 g/mol. The Morgan fingerprint density at radius 1 is 1.17 bits per heavy atom. The second-order valence-corrected chi connectivity index (χ2v) is 4.95. The topological polar surface area (TPSA) is 84.9 Å². The molecule has 0 aromatic heterocycles. The van der Waals surface area contributed by atoms with Crippen LogP contribution in [0.1, 0.15) is 10.4 Å². The Kier molecular flexibility index (Phi) is 5.43. The Morgan fingerprint density at radius 3 is 2.61 bits per heavy atom. The van der Waals surface area contributed by atoms with Crippen LogP contribution in [0.3, 0.4) is 0 Å². The van der Waals surface area contributed by atoms with Gasteiger partial charge in [-0.2, -0.15) is 0 Å². The maximum atomic E-state index is 11.9. The maximum absolute atomic E-state index is 11.9. The summed E-state index contributed by atoms with van der Waals surface area (Å²) in [5.74, 6) is -0.600. The summed E-state index contributed by atoms with van der Waals surface area (Å²) in [6.07, 6.45) is 0. The van der Waals surface area contributed by atoms with Gasteiger partial charge in [0.2, 0.25) is 0 Å². The molecule has 0 saturated heterocycles. The monoisotopic (exact) mass is 335 g/mol. The van der Waals surface area contributed by atoms with E-state index < -0.39 is 11.9 Å². The van der Waals surface area contributed by atoms with Crippen LogP contribution in [0.25, 0.3) is 0 Å². The molecule has 6 nitrogen and oxygen atoms in total. The van der Waals surface area contributed by atoms with Crippen molar-refractivity contribution in [3.63, 3.8) is 0 Å². The number of anilines is 1. The van der Waals surface area contributed by atoms with Crippen LogP contribution in [0.2, 0.25) is 5.02 Å². The molecule has 0 bridgehead atoms. The Hall–Kier alpha value is -2.73. The first-order valence-electron chi connectivity index (χ1n) is 6.59. The van der Waals surface area contributed by atoms with Gasteiger partial charge in [-0.1, -0.05) is 17.7 Å². The summed E-state index contributed by atoms with van der Waals surface area (Å²) in [4.78, 5) is 23.1. The lowest BCUT2D eigenvalue weighted by atomic mass is 10.2. The Labute approximate surface area is 137 Å². The first-order valence-corrected chi connectivity index (χ1v) is 6.97. The van der Waals surface area contributed by atoms with E-state index in [1.54, 1.807) is 24.3 Å². The van der Waals surface area contributed by atoms with Crippen molar-refractivity contribution in [1.29, 1.82) is 0 Å². The zero-order valence-electron chi connectivity index (χ0n) is 12.2. The summed E-state index contributed by atoms with van der Waals surface area (Å²) in [5.41, 5.74) is 0.0633. The molecule has 0 saturated carbocycles.